The third-order valence-electron chi connectivity index (χ3n) is 2.69. The fraction of sp³-hybridized carbons (Fsp3) is 0.143. The molecule has 0 aliphatic rings. The van der Waals surface area contributed by atoms with Gasteiger partial charge in [0.05, 0.1) is 30.0 Å². The molecule has 2 N–H and O–H groups in total. The van der Waals surface area contributed by atoms with Crippen molar-refractivity contribution in [2.24, 2.45) is 0 Å². The number of carbonyl (C=O) groups excluding carboxylic acids is 1. The van der Waals surface area contributed by atoms with E-state index in [2.05, 4.69) is 42.5 Å². The van der Waals surface area contributed by atoms with E-state index in [1.165, 1.54) is 7.11 Å². The van der Waals surface area contributed by atoms with E-state index in [9.17, 15) is 4.79 Å². The van der Waals surface area contributed by atoms with Gasteiger partial charge >= 0.3 is 0 Å². The number of benzene rings is 1. The van der Waals surface area contributed by atoms with Gasteiger partial charge < -0.3 is 14.5 Å². The third-order valence-corrected chi connectivity index (χ3v) is 3.98. The molecule has 5 nitrogen and oxygen atoms in total. The van der Waals surface area contributed by atoms with Crippen LogP contribution in [0.2, 0.25) is 0 Å². The largest absolute Gasteiger partial charge is 0.495 e. The van der Waals surface area contributed by atoms with Crippen LogP contribution < -0.4 is 15.4 Å². The first-order valence-corrected chi connectivity index (χ1v) is 8.15. The zero-order valence-electron chi connectivity index (χ0n) is 11.5. The SMILES string of the molecule is COc1c(Br)cc(Br)cc1C(=O)NC(=S)NCc1ccco1. The number of carbonyl (C=O) groups is 1. The van der Waals surface area contributed by atoms with Crippen molar-refractivity contribution in [1.82, 2.24) is 10.6 Å². The molecule has 0 aliphatic heterocycles. The predicted molar refractivity (Wildman–Crippen MR) is 94.0 cm³/mol. The number of hydrogen-bond acceptors (Lipinski definition) is 4. The van der Waals surface area contributed by atoms with Crippen molar-refractivity contribution in [2.75, 3.05) is 7.11 Å². The number of thiocarbonyl (C=S) groups is 1. The van der Waals surface area contributed by atoms with Gasteiger partial charge in [-0.1, -0.05) is 15.9 Å². The number of nitrogens with one attached hydrogen (secondary N) is 2. The highest BCUT2D eigenvalue weighted by molar-refractivity contribution is 9.11. The molecule has 0 radical (unpaired) electrons. The molecule has 8 heteroatoms. The number of hydrogen-bond donors (Lipinski definition) is 2. The second kappa shape index (κ2) is 7.75. The Morgan fingerprint density at radius 2 is 2.18 bits per heavy atom. The number of rotatable bonds is 4. The fourth-order valence-electron chi connectivity index (χ4n) is 1.73. The van der Waals surface area contributed by atoms with Crippen molar-refractivity contribution in [3.05, 3.63) is 50.8 Å². The molecule has 1 heterocycles. The molecule has 1 aromatic carbocycles. The summed E-state index contributed by atoms with van der Waals surface area (Å²) in [6.07, 6.45) is 1.57. The summed E-state index contributed by atoms with van der Waals surface area (Å²) in [5.74, 6) is 0.796. The van der Waals surface area contributed by atoms with Crippen LogP contribution in [0.3, 0.4) is 0 Å². The van der Waals surface area contributed by atoms with E-state index < -0.39 is 0 Å². The minimum absolute atomic E-state index is 0.208. The Morgan fingerprint density at radius 1 is 1.41 bits per heavy atom. The van der Waals surface area contributed by atoms with E-state index in [0.717, 1.165) is 10.2 Å². The molecule has 0 spiro atoms. The van der Waals surface area contributed by atoms with Crippen LogP contribution in [0, 0.1) is 0 Å². The lowest BCUT2D eigenvalue weighted by Gasteiger charge is -2.12. The van der Waals surface area contributed by atoms with E-state index in [1.807, 2.05) is 6.07 Å². The molecule has 116 valence electrons. The van der Waals surface area contributed by atoms with Crippen LogP contribution in [-0.2, 0) is 6.54 Å². The maximum absolute atomic E-state index is 12.3. The molecule has 0 saturated carbocycles. The van der Waals surface area contributed by atoms with Crippen molar-refractivity contribution in [3.63, 3.8) is 0 Å². The first-order valence-electron chi connectivity index (χ1n) is 6.16. The topological polar surface area (TPSA) is 63.5 Å². The van der Waals surface area contributed by atoms with Gasteiger partial charge in [0.2, 0.25) is 0 Å². The van der Waals surface area contributed by atoms with Gasteiger partial charge in [-0.25, -0.2) is 0 Å². The van der Waals surface area contributed by atoms with Crippen LogP contribution in [-0.4, -0.2) is 18.1 Å². The first-order chi connectivity index (χ1) is 10.5. The van der Waals surface area contributed by atoms with E-state index in [1.54, 1.807) is 24.5 Å². The Hall–Kier alpha value is -1.38. The molecular weight excluding hydrogens is 436 g/mol. The maximum Gasteiger partial charge on any atom is 0.261 e. The van der Waals surface area contributed by atoms with E-state index in [-0.39, 0.29) is 11.0 Å². The highest BCUT2D eigenvalue weighted by Crippen LogP contribution is 2.32. The Kier molecular flexibility index (Phi) is 5.98. The first kappa shape index (κ1) is 17.0. The third kappa shape index (κ3) is 4.31. The Balaban J connectivity index is 2.04. The van der Waals surface area contributed by atoms with Crippen LogP contribution in [0.15, 0.2) is 43.9 Å². The second-order valence-electron chi connectivity index (χ2n) is 4.18. The summed E-state index contributed by atoms with van der Waals surface area (Å²) in [6.45, 7) is 0.394. The highest BCUT2D eigenvalue weighted by Gasteiger charge is 2.17. The normalized spacial score (nSPS) is 10.1. The summed E-state index contributed by atoms with van der Waals surface area (Å²) in [5.41, 5.74) is 0.367. The smallest absolute Gasteiger partial charge is 0.261 e. The zero-order chi connectivity index (χ0) is 16.1. The minimum atomic E-state index is -0.365. The summed E-state index contributed by atoms with van der Waals surface area (Å²) in [4.78, 5) is 12.3. The van der Waals surface area contributed by atoms with Crippen molar-refractivity contribution in [3.8, 4) is 5.75 Å². The van der Waals surface area contributed by atoms with Gasteiger partial charge in [-0.05, 0) is 52.4 Å². The number of methoxy groups -OCH3 is 1. The van der Waals surface area contributed by atoms with Crippen molar-refractivity contribution in [2.45, 2.75) is 6.54 Å². The Labute approximate surface area is 149 Å². The molecule has 0 fully saturated rings. The van der Waals surface area contributed by atoms with Crippen LogP contribution in [0.4, 0.5) is 0 Å². The lowest BCUT2D eigenvalue weighted by molar-refractivity contribution is 0.0973. The lowest BCUT2D eigenvalue weighted by Crippen LogP contribution is -2.38. The Bertz CT molecular complexity index is 690. The molecule has 2 rings (SSSR count). The Morgan fingerprint density at radius 3 is 2.82 bits per heavy atom. The maximum atomic E-state index is 12.3. The van der Waals surface area contributed by atoms with E-state index in [0.29, 0.717) is 22.3 Å². The van der Waals surface area contributed by atoms with E-state index >= 15 is 0 Å². The minimum Gasteiger partial charge on any atom is -0.495 e. The molecule has 0 unspecified atom stereocenters. The standard InChI is InChI=1S/C14H12Br2N2O3S/c1-20-12-10(5-8(15)6-11(12)16)13(19)18-14(22)17-7-9-3-2-4-21-9/h2-6H,7H2,1H3,(H2,17,18,19,22). The summed E-state index contributed by atoms with van der Waals surface area (Å²) in [7, 11) is 1.50. The highest BCUT2D eigenvalue weighted by atomic mass is 79.9. The predicted octanol–water partition coefficient (Wildman–Crippen LogP) is 3.62. The number of ether oxygens (including phenoxy) is 1. The molecule has 0 aliphatic carbocycles. The molecule has 1 aromatic heterocycles. The monoisotopic (exact) mass is 446 g/mol. The van der Waals surface area contributed by atoms with Gasteiger partial charge in [0.25, 0.3) is 5.91 Å². The summed E-state index contributed by atoms with van der Waals surface area (Å²) in [5, 5.41) is 5.71. The quantitative estimate of drug-likeness (QED) is 0.701. The summed E-state index contributed by atoms with van der Waals surface area (Å²) >= 11 is 11.8. The van der Waals surface area contributed by atoms with Crippen molar-refractivity contribution < 1.29 is 13.9 Å². The van der Waals surface area contributed by atoms with Gasteiger partial charge in [-0.15, -0.1) is 0 Å². The number of amides is 1. The molecule has 2 aromatic rings. The van der Waals surface area contributed by atoms with Crippen LogP contribution in [0.1, 0.15) is 16.1 Å². The van der Waals surface area contributed by atoms with Crippen molar-refractivity contribution >= 4 is 55.1 Å². The second-order valence-corrected chi connectivity index (χ2v) is 6.36. The van der Waals surface area contributed by atoms with Gasteiger partial charge in [0, 0.05) is 4.47 Å². The molecular formula is C14H12Br2N2O3S. The van der Waals surface area contributed by atoms with Gasteiger partial charge in [0.15, 0.2) is 5.11 Å². The van der Waals surface area contributed by atoms with Gasteiger partial charge in [0.1, 0.15) is 11.5 Å². The van der Waals surface area contributed by atoms with Crippen LogP contribution in [0.25, 0.3) is 0 Å². The summed E-state index contributed by atoms with van der Waals surface area (Å²) < 4.78 is 11.8. The molecule has 0 saturated heterocycles. The van der Waals surface area contributed by atoms with Crippen LogP contribution >= 0.6 is 44.1 Å². The molecule has 22 heavy (non-hydrogen) atoms. The molecule has 0 bridgehead atoms. The summed E-state index contributed by atoms with van der Waals surface area (Å²) in [6, 6.07) is 7.05. The zero-order valence-corrected chi connectivity index (χ0v) is 15.5. The lowest BCUT2D eigenvalue weighted by atomic mass is 10.2. The molecule has 1 amide bonds. The van der Waals surface area contributed by atoms with Gasteiger partial charge in [-0.3, -0.25) is 10.1 Å². The van der Waals surface area contributed by atoms with E-state index in [4.69, 9.17) is 21.4 Å². The van der Waals surface area contributed by atoms with Crippen LogP contribution in [0.5, 0.6) is 5.75 Å². The van der Waals surface area contributed by atoms with Crippen molar-refractivity contribution in [1.29, 1.82) is 0 Å². The average Bonchev–Trinajstić information content (AvgIpc) is 2.97. The average molecular weight is 448 g/mol. The number of furan rings is 1. The fourth-order valence-corrected chi connectivity index (χ4v) is 3.28. The van der Waals surface area contributed by atoms with Gasteiger partial charge in [-0.2, -0.15) is 0 Å². The number of halogens is 2. The molecule has 0 atom stereocenters.